The molecular formula is C18H37NO3. The first-order valence-corrected chi connectivity index (χ1v) is 8.36. The zero-order valence-electron chi connectivity index (χ0n) is 15.9. The summed E-state index contributed by atoms with van der Waals surface area (Å²) in [5.41, 5.74) is -0.572. The number of ether oxygens (including phenoxy) is 1. The van der Waals surface area contributed by atoms with Gasteiger partial charge in [0.2, 0.25) is 0 Å². The highest BCUT2D eigenvalue weighted by atomic mass is 16.6. The van der Waals surface area contributed by atoms with Crippen molar-refractivity contribution in [3.63, 3.8) is 0 Å². The summed E-state index contributed by atoms with van der Waals surface area (Å²) in [5.74, 6) is 0.465. The first kappa shape index (κ1) is 21.2. The molecule has 22 heavy (non-hydrogen) atoms. The summed E-state index contributed by atoms with van der Waals surface area (Å²) in [6.45, 7) is 17.0. The van der Waals surface area contributed by atoms with Crippen LogP contribution in [0.15, 0.2) is 0 Å². The Morgan fingerprint density at radius 2 is 1.64 bits per heavy atom. The molecule has 0 radical (unpaired) electrons. The Morgan fingerprint density at radius 1 is 1.09 bits per heavy atom. The van der Waals surface area contributed by atoms with E-state index in [-0.39, 0.29) is 17.4 Å². The minimum absolute atomic E-state index is 0.0804. The smallest absolute Gasteiger partial charge is 0.407 e. The first-order valence-electron chi connectivity index (χ1n) is 8.36. The lowest BCUT2D eigenvalue weighted by molar-refractivity contribution is 0.0404. The van der Waals surface area contributed by atoms with Gasteiger partial charge in [0, 0.05) is 12.0 Å². The van der Waals surface area contributed by atoms with Crippen molar-refractivity contribution in [1.29, 1.82) is 0 Å². The highest BCUT2D eigenvalue weighted by Gasteiger charge is 2.33. The fourth-order valence-corrected chi connectivity index (χ4v) is 2.54. The molecule has 0 saturated heterocycles. The third-order valence-corrected chi connectivity index (χ3v) is 3.59. The zero-order chi connectivity index (χ0) is 17.6. The van der Waals surface area contributed by atoms with Crippen molar-refractivity contribution in [3.05, 3.63) is 0 Å². The van der Waals surface area contributed by atoms with Gasteiger partial charge in [0.15, 0.2) is 0 Å². The second-order valence-corrected chi connectivity index (χ2v) is 9.17. The van der Waals surface area contributed by atoms with E-state index in [1.807, 2.05) is 20.8 Å². The number of rotatable bonds is 7. The monoisotopic (exact) mass is 315 g/mol. The van der Waals surface area contributed by atoms with Gasteiger partial charge in [-0.25, -0.2) is 4.79 Å². The summed E-state index contributed by atoms with van der Waals surface area (Å²) in [6.07, 6.45) is 2.37. The standard InChI is InChI=1S/C18H37NO3/c1-14(2)11-18(13-20,10-9-16(3,4)5)12-19-15(21)22-17(6,7)8/h14,20H,9-13H2,1-8H3,(H,19,21). The van der Waals surface area contributed by atoms with E-state index < -0.39 is 11.7 Å². The Balaban J connectivity index is 4.81. The van der Waals surface area contributed by atoms with Gasteiger partial charge in [-0.3, -0.25) is 0 Å². The third kappa shape index (κ3) is 10.0. The summed E-state index contributed by atoms with van der Waals surface area (Å²) >= 11 is 0. The fraction of sp³-hybridized carbons (Fsp3) is 0.944. The number of carbonyl (C=O) groups excluding carboxylic acids is 1. The average Bonchev–Trinajstić information content (AvgIpc) is 2.29. The largest absolute Gasteiger partial charge is 0.444 e. The maximum atomic E-state index is 11.9. The van der Waals surface area contributed by atoms with E-state index >= 15 is 0 Å². The van der Waals surface area contributed by atoms with Gasteiger partial charge in [-0.15, -0.1) is 0 Å². The highest BCUT2D eigenvalue weighted by Crippen LogP contribution is 2.35. The number of aliphatic hydroxyl groups is 1. The predicted octanol–water partition coefficient (Wildman–Crippen LogP) is 4.36. The number of hydrogen-bond acceptors (Lipinski definition) is 3. The van der Waals surface area contributed by atoms with Gasteiger partial charge >= 0.3 is 6.09 Å². The van der Waals surface area contributed by atoms with Crippen molar-refractivity contribution in [3.8, 4) is 0 Å². The Bertz CT molecular complexity index is 339. The lowest BCUT2D eigenvalue weighted by Gasteiger charge is -2.36. The van der Waals surface area contributed by atoms with Crippen LogP contribution in [0.2, 0.25) is 0 Å². The summed E-state index contributed by atoms with van der Waals surface area (Å²) in [7, 11) is 0. The van der Waals surface area contributed by atoms with Crippen molar-refractivity contribution in [2.45, 2.75) is 80.3 Å². The molecule has 132 valence electrons. The number of alkyl carbamates (subject to hydrolysis) is 1. The van der Waals surface area contributed by atoms with Crippen LogP contribution < -0.4 is 5.32 Å². The minimum Gasteiger partial charge on any atom is -0.444 e. The van der Waals surface area contributed by atoms with E-state index in [2.05, 4.69) is 39.9 Å². The van der Waals surface area contributed by atoms with Gasteiger partial charge in [0.25, 0.3) is 0 Å². The topological polar surface area (TPSA) is 58.6 Å². The molecule has 1 atom stereocenters. The van der Waals surface area contributed by atoms with Crippen LogP contribution in [0.4, 0.5) is 4.79 Å². The molecule has 0 fully saturated rings. The molecule has 0 rings (SSSR count). The van der Waals surface area contributed by atoms with E-state index in [0.29, 0.717) is 12.5 Å². The molecule has 1 unspecified atom stereocenters. The Hall–Kier alpha value is -0.770. The van der Waals surface area contributed by atoms with Crippen LogP contribution in [0, 0.1) is 16.7 Å². The molecule has 0 aliphatic rings. The van der Waals surface area contributed by atoms with Gasteiger partial charge in [-0.2, -0.15) is 0 Å². The lowest BCUT2D eigenvalue weighted by atomic mass is 9.73. The fourth-order valence-electron chi connectivity index (χ4n) is 2.54. The van der Waals surface area contributed by atoms with Crippen molar-refractivity contribution >= 4 is 6.09 Å². The third-order valence-electron chi connectivity index (χ3n) is 3.59. The summed E-state index contributed by atoms with van der Waals surface area (Å²) in [5, 5.41) is 12.8. The number of hydrogen-bond donors (Lipinski definition) is 2. The van der Waals surface area contributed by atoms with Crippen LogP contribution in [-0.4, -0.2) is 30.0 Å². The number of nitrogens with one attached hydrogen (secondary N) is 1. The molecule has 0 aliphatic heterocycles. The maximum absolute atomic E-state index is 11.9. The van der Waals surface area contributed by atoms with E-state index in [0.717, 1.165) is 19.3 Å². The second-order valence-electron chi connectivity index (χ2n) is 9.17. The molecule has 4 nitrogen and oxygen atoms in total. The van der Waals surface area contributed by atoms with Crippen LogP contribution >= 0.6 is 0 Å². The Morgan fingerprint density at radius 3 is 2.00 bits per heavy atom. The van der Waals surface area contributed by atoms with E-state index in [1.54, 1.807) is 0 Å². The van der Waals surface area contributed by atoms with Crippen LogP contribution in [0.25, 0.3) is 0 Å². The van der Waals surface area contributed by atoms with E-state index in [9.17, 15) is 9.90 Å². The average molecular weight is 315 g/mol. The Labute approximate surface area is 137 Å². The first-order chi connectivity index (χ1) is 9.79. The number of amides is 1. The second kappa shape index (κ2) is 8.19. The van der Waals surface area contributed by atoms with Crippen LogP contribution in [0.1, 0.15) is 74.7 Å². The molecule has 2 N–H and O–H groups in total. The maximum Gasteiger partial charge on any atom is 0.407 e. The molecule has 1 amide bonds. The quantitative estimate of drug-likeness (QED) is 0.733. The van der Waals surface area contributed by atoms with Gasteiger partial charge < -0.3 is 15.2 Å². The predicted molar refractivity (Wildman–Crippen MR) is 91.9 cm³/mol. The summed E-state index contributed by atoms with van der Waals surface area (Å²) in [4.78, 5) is 11.9. The molecule has 0 bridgehead atoms. The van der Waals surface area contributed by atoms with Crippen molar-refractivity contribution in [2.24, 2.45) is 16.7 Å². The number of aliphatic hydroxyl groups excluding tert-OH is 1. The van der Waals surface area contributed by atoms with Crippen molar-refractivity contribution in [1.82, 2.24) is 5.32 Å². The molecule has 0 saturated carbocycles. The molecule has 0 aromatic carbocycles. The van der Waals surface area contributed by atoms with Gasteiger partial charge in [-0.05, 0) is 51.4 Å². The minimum atomic E-state index is -0.505. The zero-order valence-corrected chi connectivity index (χ0v) is 15.9. The SMILES string of the molecule is CC(C)CC(CO)(CCC(C)(C)C)CNC(=O)OC(C)(C)C. The van der Waals surface area contributed by atoms with E-state index in [4.69, 9.17) is 4.74 Å². The van der Waals surface area contributed by atoms with E-state index in [1.165, 1.54) is 0 Å². The molecular weight excluding hydrogens is 278 g/mol. The van der Waals surface area contributed by atoms with Gasteiger partial charge in [-0.1, -0.05) is 34.6 Å². The molecule has 0 heterocycles. The van der Waals surface area contributed by atoms with Crippen molar-refractivity contribution < 1.29 is 14.6 Å². The molecule has 0 aromatic heterocycles. The molecule has 0 aliphatic carbocycles. The molecule has 0 spiro atoms. The van der Waals surface area contributed by atoms with Crippen LogP contribution in [0.5, 0.6) is 0 Å². The highest BCUT2D eigenvalue weighted by molar-refractivity contribution is 5.67. The number of carbonyl (C=O) groups is 1. The van der Waals surface area contributed by atoms with Gasteiger partial charge in [0.05, 0.1) is 6.61 Å². The summed E-state index contributed by atoms with van der Waals surface area (Å²) in [6, 6.07) is 0. The van der Waals surface area contributed by atoms with Crippen molar-refractivity contribution in [2.75, 3.05) is 13.2 Å². The van der Waals surface area contributed by atoms with Crippen LogP contribution in [0.3, 0.4) is 0 Å². The lowest BCUT2D eigenvalue weighted by Crippen LogP contribution is -2.43. The molecule has 0 aromatic rings. The normalized spacial score (nSPS) is 15.5. The Kier molecular flexibility index (Phi) is 7.90. The van der Waals surface area contributed by atoms with Crippen LogP contribution in [-0.2, 0) is 4.74 Å². The van der Waals surface area contributed by atoms with Gasteiger partial charge in [0.1, 0.15) is 5.60 Å². The molecule has 4 heteroatoms. The summed E-state index contributed by atoms with van der Waals surface area (Å²) < 4.78 is 5.30.